The van der Waals surface area contributed by atoms with Gasteiger partial charge in [-0.15, -0.1) is 0 Å². The first-order chi connectivity index (χ1) is 28.4. The van der Waals surface area contributed by atoms with Crippen LogP contribution in [0, 0.1) is 13.8 Å². The molecule has 4 unspecified atom stereocenters. The number of carbonyl (C=O) groups excluding carboxylic acids is 5. The van der Waals surface area contributed by atoms with Crippen molar-refractivity contribution in [2.24, 2.45) is 0 Å². The van der Waals surface area contributed by atoms with E-state index >= 15 is 0 Å². The van der Waals surface area contributed by atoms with E-state index in [0.29, 0.717) is 37.1 Å². The largest absolute Gasteiger partial charge is 0.453 e. The number of benzene rings is 4. The lowest BCUT2D eigenvalue weighted by atomic mass is 9.96. The van der Waals surface area contributed by atoms with Crippen LogP contribution in [0.25, 0.3) is 11.1 Å². The van der Waals surface area contributed by atoms with Crippen molar-refractivity contribution in [3.8, 4) is 11.1 Å². The molecule has 0 radical (unpaired) electrons. The van der Waals surface area contributed by atoms with Crippen LogP contribution in [0.3, 0.4) is 0 Å². The van der Waals surface area contributed by atoms with E-state index in [1.807, 2.05) is 31.3 Å². The Morgan fingerprint density at radius 3 is 1.69 bits per heavy atom. The van der Waals surface area contributed by atoms with Crippen molar-refractivity contribution in [1.82, 2.24) is 20.4 Å². The van der Waals surface area contributed by atoms with Gasteiger partial charge in [0.2, 0.25) is 0 Å². The molecule has 5 N–H and O–H groups in total. The summed E-state index contributed by atoms with van der Waals surface area (Å²) in [4.78, 5) is 62.5. The number of rotatable bonds is 10. The number of nitrogens with zero attached hydrogens (tertiary/aromatic N) is 2. The van der Waals surface area contributed by atoms with Gasteiger partial charge in [0.1, 0.15) is 24.2 Å². The number of nitrogen functional groups attached to an aromatic ring is 1. The Labute approximate surface area is 347 Å². The number of amides is 4. The summed E-state index contributed by atoms with van der Waals surface area (Å²) in [5.74, 6) is -0.873. The number of carbonyl (C=O) groups is 5. The molecule has 2 fully saturated rings. The van der Waals surface area contributed by atoms with Crippen molar-refractivity contribution in [3.05, 3.63) is 119 Å². The number of ether oxygens (including phenoxy) is 2. The number of anilines is 2. The maximum Gasteiger partial charge on any atom is 0.407 e. The third-order valence-corrected chi connectivity index (χ3v) is 10.9. The fourth-order valence-corrected chi connectivity index (χ4v) is 7.62. The highest BCUT2D eigenvalue weighted by molar-refractivity contribution is 7.24. The average Bonchev–Trinajstić information content (AvgIpc) is 3.96. The molecule has 2 heterocycles. The molecule has 312 valence electrons. The first kappa shape index (κ1) is 45.4. The molecule has 4 aromatic carbocycles. The van der Waals surface area contributed by atoms with E-state index in [9.17, 15) is 28.5 Å². The van der Waals surface area contributed by atoms with E-state index < -0.39 is 30.3 Å². The molecule has 4 amide bonds. The molecule has 14 nitrogen and oxygen atoms in total. The molecule has 6 rings (SSSR count). The number of likely N-dealkylation sites (tertiary alicyclic amines) is 2. The first-order valence-corrected chi connectivity index (χ1v) is 20.2. The van der Waals surface area contributed by atoms with E-state index in [1.165, 1.54) is 41.4 Å². The summed E-state index contributed by atoms with van der Waals surface area (Å²) in [6.07, 6.45) is 2.39. The Morgan fingerprint density at radius 1 is 0.729 bits per heavy atom. The Bertz CT molecular complexity index is 1960. The normalized spacial score (nSPS) is 16.6. The van der Waals surface area contributed by atoms with Crippen LogP contribution < -0.4 is 21.7 Å². The van der Waals surface area contributed by atoms with Gasteiger partial charge in [-0.2, -0.15) is 0 Å². The topological polar surface area (TPSA) is 189 Å². The highest BCUT2D eigenvalue weighted by Gasteiger charge is 2.36. The average molecular weight is 825 g/mol. The standard InChI is InChI=1S/C15H18N2O4.C15H18N2.C14H17N2O4P/c1-21-15(20)16-13(11-6-3-2-4-7-11)14(19)17-9-5-8-12(17)10-18;1-10-8-12(16)4-6-14(10)15-7-5-13(17-3)9-11(15)2;1-20-14(18)15-12(10-6-3-2-4-7-10)13(17)16-9-5-8-11(16)21-19/h2-4,6-7,10,12-13H,5,8-9H2,1H3,(H,16,20);4-9,17H,16H2,1-3H3;2-4,6-7,11-12H,5,8-9H2,1H3,(H,15,18). The monoisotopic (exact) mass is 824 g/mol. The van der Waals surface area contributed by atoms with Gasteiger partial charge in [-0.25, -0.2) is 9.59 Å². The van der Waals surface area contributed by atoms with Gasteiger partial charge < -0.3 is 45.8 Å². The summed E-state index contributed by atoms with van der Waals surface area (Å²) in [6, 6.07) is 28.2. The predicted octanol–water partition coefficient (Wildman–Crippen LogP) is 7.19. The van der Waals surface area contributed by atoms with Gasteiger partial charge in [0, 0.05) is 31.5 Å². The van der Waals surface area contributed by atoms with Gasteiger partial charge in [0.15, 0.2) is 8.46 Å². The molecule has 4 aromatic rings. The molecule has 0 spiro atoms. The second-order valence-electron chi connectivity index (χ2n) is 14.0. The van der Waals surface area contributed by atoms with Crippen LogP contribution in [0.5, 0.6) is 0 Å². The van der Waals surface area contributed by atoms with Crippen LogP contribution in [-0.4, -0.2) is 86.3 Å². The third kappa shape index (κ3) is 12.4. The number of alkyl carbamates (subject to hydrolysis) is 2. The van der Waals surface area contributed by atoms with Crippen molar-refractivity contribution in [3.63, 3.8) is 0 Å². The zero-order valence-corrected chi connectivity index (χ0v) is 34.9. The maximum atomic E-state index is 12.7. The minimum absolute atomic E-state index is 0.0703. The van der Waals surface area contributed by atoms with E-state index in [-0.39, 0.29) is 26.1 Å². The van der Waals surface area contributed by atoms with Gasteiger partial charge in [-0.05, 0) is 97.2 Å². The highest BCUT2D eigenvalue weighted by atomic mass is 31.1. The van der Waals surface area contributed by atoms with Crippen molar-refractivity contribution in [2.75, 3.05) is 45.4 Å². The second kappa shape index (κ2) is 22.6. The Hall–Kier alpha value is -6.27. The molecule has 15 heteroatoms. The highest BCUT2D eigenvalue weighted by Crippen LogP contribution is 2.31. The molecule has 2 saturated heterocycles. The van der Waals surface area contributed by atoms with Crippen molar-refractivity contribution in [2.45, 2.75) is 63.4 Å². The lowest BCUT2D eigenvalue weighted by Gasteiger charge is -2.26. The summed E-state index contributed by atoms with van der Waals surface area (Å²) < 4.78 is 20.3. The number of hydrogen-bond acceptors (Lipinski definition) is 10. The smallest absolute Gasteiger partial charge is 0.407 e. The van der Waals surface area contributed by atoms with Gasteiger partial charge in [-0.3, -0.25) is 14.2 Å². The number of aldehydes is 1. The molecule has 59 heavy (non-hydrogen) atoms. The van der Waals surface area contributed by atoms with Crippen LogP contribution >= 0.6 is 8.46 Å². The molecule has 0 aromatic heterocycles. The van der Waals surface area contributed by atoms with Crippen molar-refractivity contribution >= 4 is 50.1 Å². The van der Waals surface area contributed by atoms with Crippen LogP contribution in [0.4, 0.5) is 21.0 Å². The summed E-state index contributed by atoms with van der Waals surface area (Å²) in [5, 5.41) is 8.23. The molecular weight excluding hydrogens is 771 g/mol. The summed E-state index contributed by atoms with van der Waals surface area (Å²) in [7, 11) is 4.35. The molecule has 0 saturated carbocycles. The lowest BCUT2D eigenvalue weighted by Crippen LogP contribution is -2.45. The zero-order valence-electron chi connectivity index (χ0n) is 34.1. The maximum absolute atomic E-state index is 12.7. The number of nitrogens with two attached hydrogens (primary N) is 1. The number of nitrogens with one attached hydrogen (secondary N) is 3. The SMILES string of the molecule is CNc1ccc(-c2ccc(N)cc2C)c(C)c1.COC(=O)NC(C(=O)N1CCCC1C=O)c1ccccc1.COC(=O)NC(C(=O)N1CCCC1P=O)c1ccccc1. The molecule has 2 aliphatic heterocycles. The van der Waals surface area contributed by atoms with Crippen LogP contribution in [0.2, 0.25) is 0 Å². The fraction of sp³-hybridized carbons (Fsp3) is 0.341. The molecule has 0 aliphatic carbocycles. The van der Waals surface area contributed by atoms with Crippen LogP contribution in [-0.2, 0) is 28.4 Å². The first-order valence-electron chi connectivity index (χ1n) is 19.3. The molecule has 4 atom stereocenters. The van der Waals surface area contributed by atoms with Crippen molar-refractivity contribution < 1.29 is 38.0 Å². The summed E-state index contributed by atoms with van der Waals surface area (Å²) >= 11 is 0. The van der Waals surface area contributed by atoms with Crippen LogP contribution in [0.15, 0.2) is 97.1 Å². The van der Waals surface area contributed by atoms with Crippen LogP contribution in [0.1, 0.15) is 60.0 Å². The van der Waals surface area contributed by atoms with Gasteiger partial charge >= 0.3 is 12.2 Å². The number of methoxy groups -OCH3 is 2. The third-order valence-electron chi connectivity index (χ3n) is 10.1. The van der Waals surface area contributed by atoms with Crippen molar-refractivity contribution in [1.29, 1.82) is 0 Å². The second-order valence-corrected chi connectivity index (χ2v) is 14.8. The molecule has 0 bridgehead atoms. The van der Waals surface area contributed by atoms with E-state index in [4.69, 9.17) is 5.73 Å². The van der Waals surface area contributed by atoms with Gasteiger partial charge in [0.05, 0.1) is 20.3 Å². The van der Waals surface area contributed by atoms with E-state index in [2.05, 4.69) is 63.5 Å². The fourth-order valence-electron chi connectivity index (χ4n) is 6.99. The Morgan fingerprint density at radius 2 is 1.22 bits per heavy atom. The number of hydrogen-bond donors (Lipinski definition) is 4. The summed E-state index contributed by atoms with van der Waals surface area (Å²) in [5.41, 5.74) is 14.1. The molecule has 2 aliphatic rings. The van der Waals surface area contributed by atoms with E-state index in [1.54, 1.807) is 53.4 Å². The van der Waals surface area contributed by atoms with E-state index in [0.717, 1.165) is 30.5 Å². The van der Waals surface area contributed by atoms with Gasteiger partial charge in [-0.1, -0.05) is 72.8 Å². The molecular formula is C44H53N6O8P. The lowest BCUT2D eigenvalue weighted by molar-refractivity contribution is -0.136. The summed E-state index contributed by atoms with van der Waals surface area (Å²) in [6.45, 7) is 5.29. The Balaban J connectivity index is 0.000000197. The minimum Gasteiger partial charge on any atom is -0.453 e. The number of aryl methyl sites for hydroxylation is 2. The Kier molecular flexibility index (Phi) is 17.4. The minimum atomic E-state index is -0.848. The van der Waals surface area contributed by atoms with Gasteiger partial charge in [0.25, 0.3) is 11.8 Å². The quantitative estimate of drug-likeness (QED) is 0.0724. The zero-order chi connectivity index (χ0) is 42.9. The predicted molar refractivity (Wildman–Crippen MR) is 228 cm³/mol.